The second-order valence-corrected chi connectivity index (χ2v) is 8.92. The maximum Gasteiger partial charge on any atom is 0.336 e. The highest BCUT2D eigenvalue weighted by atomic mass is 16.5. The maximum atomic E-state index is 12.5. The highest BCUT2D eigenvalue weighted by molar-refractivity contribution is 5.92. The van der Waals surface area contributed by atoms with E-state index in [1.165, 1.54) is 6.07 Å². The predicted molar refractivity (Wildman–Crippen MR) is 119 cm³/mol. The van der Waals surface area contributed by atoms with Gasteiger partial charge < -0.3 is 24.3 Å². The third kappa shape index (κ3) is 4.89. The highest BCUT2D eigenvalue weighted by Gasteiger charge is 2.31. The van der Waals surface area contributed by atoms with Crippen molar-refractivity contribution >= 4 is 22.8 Å². The second-order valence-electron chi connectivity index (χ2n) is 8.92. The summed E-state index contributed by atoms with van der Waals surface area (Å²) < 4.78 is 17.5. The molecule has 8 heteroatoms. The summed E-state index contributed by atoms with van der Waals surface area (Å²) >= 11 is 0. The van der Waals surface area contributed by atoms with E-state index in [9.17, 15) is 19.5 Å². The van der Waals surface area contributed by atoms with Gasteiger partial charge in [0.2, 0.25) is 0 Å². The zero-order chi connectivity index (χ0) is 23.6. The van der Waals surface area contributed by atoms with Gasteiger partial charge in [-0.1, -0.05) is 27.2 Å². The zero-order valence-corrected chi connectivity index (χ0v) is 19.2. The van der Waals surface area contributed by atoms with Crippen LogP contribution in [0, 0.1) is 5.92 Å². The SMILES string of the molecule is CCc1cc(=O)oc2c3c(cc(OCC(=O)N[C@H](C(=O)O)[C@H](C)CC)c12)OC(C)(C)CC3. The lowest BCUT2D eigenvalue weighted by Gasteiger charge is -2.33. The van der Waals surface area contributed by atoms with Crippen molar-refractivity contribution in [2.75, 3.05) is 6.61 Å². The standard InChI is InChI=1S/C24H31NO7/c1-6-13(3)21(23(28)29)25-18(26)12-30-17-11-16-15(8-9-24(4,5)32-16)22-20(17)14(7-2)10-19(27)31-22/h10-11,13,21H,6-9,12H2,1-5H3,(H,25,26)(H,28,29)/t13-,21+/m1/s1. The molecule has 0 spiro atoms. The molecule has 2 aromatic rings. The van der Waals surface area contributed by atoms with Gasteiger partial charge in [0.1, 0.15) is 28.7 Å². The van der Waals surface area contributed by atoms with Crippen LogP contribution in [0.2, 0.25) is 0 Å². The molecular formula is C24H31NO7. The van der Waals surface area contributed by atoms with Crippen LogP contribution in [0.1, 0.15) is 58.6 Å². The summed E-state index contributed by atoms with van der Waals surface area (Å²) in [6.07, 6.45) is 2.64. The number of fused-ring (bicyclic) bond motifs is 3. The number of rotatable bonds is 8. The molecule has 1 aromatic heterocycles. The van der Waals surface area contributed by atoms with Crippen LogP contribution < -0.4 is 20.4 Å². The summed E-state index contributed by atoms with van der Waals surface area (Å²) in [6.45, 7) is 9.14. The molecule has 1 aliphatic rings. The normalized spacial score (nSPS) is 16.5. The number of benzene rings is 1. The van der Waals surface area contributed by atoms with E-state index in [-0.39, 0.29) is 18.1 Å². The van der Waals surface area contributed by atoms with Crippen molar-refractivity contribution in [1.29, 1.82) is 0 Å². The minimum atomic E-state index is -1.09. The van der Waals surface area contributed by atoms with Gasteiger partial charge in [0.05, 0.1) is 5.39 Å². The molecule has 0 radical (unpaired) electrons. The van der Waals surface area contributed by atoms with Crippen LogP contribution in [-0.4, -0.2) is 35.2 Å². The molecule has 1 amide bonds. The number of carboxylic acids is 1. The number of hydrogen-bond acceptors (Lipinski definition) is 6. The highest BCUT2D eigenvalue weighted by Crippen LogP contribution is 2.42. The third-order valence-electron chi connectivity index (χ3n) is 6.02. The molecule has 32 heavy (non-hydrogen) atoms. The van der Waals surface area contributed by atoms with Crippen LogP contribution in [0.4, 0.5) is 0 Å². The topological polar surface area (TPSA) is 115 Å². The quantitative estimate of drug-likeness (QED) is 0.598. The molecule has 2 N–H and O–H groups in total. The average Bonchev–Trinajstić information content (AvgIpc) is 2.73. The van der Waals surface area contributed by atoms with Crippen molar-refractivity contribution in [3.63, 3.8) is 0 Å². The minimum absolute atomic E-state index is 0.224. The Morgan fingerprint density at radius 1 is 1.28 bits per heavy atom. The van der Waals surface area contributed by atoms with E-state index in [0.29, 0.717) is 41.7 Å². The van der Waals surface area contributed by atoms with Gasteiger partial charge >= 0.3 is 11.6 Å². The Bertz CT molecular complexity index is 1090. The van der Waals surface area contributed by atoms with E-state index >= 15 is 0 Å². The molecule has 2 heterocycles. The lowest BCUT2D eigenvalue weighted by molar-refractivity contribution is -0.143. The first-order valence-corrected chi connectivity index (χ1v) is 11.0. The summed E-state index contributed by atoms with van der Waals surface area (Å²) in [5, 5.41) is 12.6. The summed E-state index contributed by atoms with van der Waals surface area (Å²) in [7, 11) is 0. The van der Waals surface area contributed by atoms with Crippen LogP contribution in [0.3, 0.4) is 0 Å². The zero-order valence-electron chi connectivity index (χ0n) is 19.2. The van der Waals surface area contributed by atoms with Crippen molar-refractivity contribution in [2.24, 2.45) is 5.92 Å². The summed E-state index contributed by atoms with van der Waals surface area (Å²) in [5.41, 5.74) is 1.15. The Kier molecular flexibility index (Phi) is 6.81. The van der Waals surface area contributed by atoms with Crippen molar-refractivity contribution in [3.05, 3.63) is 33.7 Å². The van der Waals surface area contributed by atoms with Gasteiger partial charge in [-0.05, 0) is 44.6 Å². The first-order valence-electron chi connectivity index (χ1n) is 11.0. The Morgan fingerprint density at radius 3 is 2.62 bits per heavy atom. The minimum Gasteiger partial charge on any atom is -0.487 e. The first-order chi connectivity index (χ1) is 15.1. The molecule has 2 atom stereocenters. The van der Waals surface area contributed by atoms with Crippen LogP contribution in [0.5, 0.6) is 11.5 Å². The monoisotopic (exact) mass is 445 g/mol. The Hall–Kier alpha value is -3.03. The number of carbonyl (C=O) groups excluding carboxylic acids is 1. The van der Waals surface area contributed by atoms with Crippen LogP contribution in [0.15, 0.2) is 21.3 Å². The number of nitrogens with one attached hydrogen (secondary N) is 1. The van der Waals surface area contributed by atoms with E-state index in [2.05, 4.69) is 5.32 Å². The fourth-order valence-corrected chi connectivity index (χ4v) is 3.95. The second kappa shape index (κ2) is 9.22. The molecule has 174 valence electrons. The van der Waals surface area contributed by atoms with Crippen molar-refractivity contribution in [1.82, 2.24) is 5.32 Å². The van der Waals surface area contributed by atoms with E-state index < -0.39 is 23.5 Å². The van der Waals surface area contributed by atoms with Crippen LogP contribution in [0.25, 0.3) is 11.0 Å². The fraction of sp³-hybridized carbons (Fsp3) is 0.542. The molecule has 8 nitrogen and oxygen atoms in total. The molecule has 0 aliphatic carbocycles. The fourth-order valence-electron chi connectivity index (χ4n) is 3.95. The molecular weight excluding hydrogens is 414 g/mol. The Labute approximate surface area is 186 Å². The van der Waals surface area contributed by atoms with E-state index in [0.717, 1.165) is 17.5 Å². The van der Waals surface area contributed by atoms with Gasteiger partial charge in [-0.15, -0.1) is 0 Å². The van der Waals surface area contributed by atoms with E-state index in [1.54, 1.807) is 13.0 Å². The molecule has 1 aliphatic heterocycles. The van der Waals surface area contributed by atoms with Crippen LogP contribution >= 0.6 is 0 Å². The molecule has 0 unspecified atom stereocenters. The van der Waals surface area contributed by atoms with Gasteiger partial charge in [0.25, 0.3) is 5.91 Å². The van der Waals surface area contributed by atoms with Gasteiger partial charge in [0, 0.05) is 17.7 Å². The molecule has 3 rings (SSSR count). The lowest BCUT2D eigenvalue weighted by atomic mass is 9.92. The number of aryl methyl sites for hydroxylation is 2. The molecule has 0 saturated heterocycles. The maximum absolute atomic E-state index is 12.5. The van der Waals surface area contributed by atoms with E-state index in [1.807, 2.05) is 27.7 Å². The van der Waals surface area contributed by atoms with Gasteiger partial charge in [-0.2, -0.15) is 0 Å². The van der Waals surface area contributed by atoms with Gasteiger partial charge in [-0.3, -0.25) is 4.79 Å². The summed E-state index contributed by atoms with van der Waals surface area (Å²) in [6, 6.07) is 2.16. The number of ether oxygens (including phenoxy) is 2. The molecule has 0 bridgehead atoms. The number of carboxylic acid groups (broad SMARTS) is 1. The number of hydrogen-bond donors (Lipinski definition) is 2. The Morgan fingerprint density at radius 2 is 2.00 bits per heavy atom. The third-order valence-corrected chi connectivity index (χ3v) is 6.02. The first kappa shape index (κ1) is 23.6. The van der Waals surface area contributed by atoms with Crippen molar-refractivity contribution in [2.45, 2.75) is 71.9 Å². The number of amides is 1. The van der Waals surface area contributed by atoms with E-state index in [4.69, 9.17) is 13.9 Å². The predicted octanol–water partition coefficient (Wildman–Crippen LogP) is 3.45. The smallest absolute Gasteiger partial charge is 0.336 e. The van der Waals surface area contributed by atoms with Gasteiger partial charge in [-0.25, -0.2) is 9.59 Å². The molecule has 0 saturated carbocycles. The van der Waals surface area contributed by atoms with Crippen molar-refractivity contribution in [3.8, 4) is 11.5 Å². The van der Waals surface area contributed by atoms with Crippen LogP contribution in [-0.2, 0) is 22.4 Å². The molecule has 0 fully saturated rings. The Balaban J connectivity index is 1.96. The van der Waals surface area contributed by atoms with Gasteiger partial charge in [0.15, 0.2) is 6.61 Å². The average molecular weight is 446 g/mol. The summed E-state index contributed by atoms with van der Waals surface area (Å²) in [5.74, 6) is -0.929. The largest absolute Gasteiger partial charge is 0.487 e. The lowest BCUT2D eigenvalue weighted by Crippen LogP contribution is -2.46. The number of carbonyl (C=O) groups is 2. The number of aliphatic carboxylic acids is 1. The van der Waals surface area contributed by atoms with Crippen molar-refractivity contribution < 1.29 is 28.6 Å². The summed E-state index contributed by atoms with van der Waals surface area (Å²) in [4.78, 5) is 36.2. The molecule has 1 aromatic carbocycles.